The Kier molecular flexibility index (Phi) is 3.79. The number of nitrogen functional groups attached to an aromatic ring is 1. The summed E-state index contributed by atoms with van der Waals surface area (Å²) in [4.78, 5) is 14.8. The Labute approximate surface area is 173 Å². The van der Waals surface area contributed by atoms with Gasteiger partial charge < -0.3 is 19.6 Å². The SMILES string of the molecule is Cn1c(-c2c(N)n(C[C@@H]3CCCO3)c3nc4ccccc4nc23)nc2ccccc21. The van der Waals surface area contributed by atoms with Gasteiger partial charge in [0.25, 0.3) is 0 Å². The van der Waals surface area contributed by atoms with Crippen molar-refractivity contribution < 1.29 is 4.74 Å². The summed E-state index contributed by atoms with van der Waals surface area (Å²) in [6.07, 6.45) is 2.25. The van der Waals surface area contributed by atoms with Crippen molar-refractivity contribution in [1.29, 1.82) is 0 Å². The molecular formula is C23H22N6O. The molecule has 5 aromatic rings. The lowest BCUT2D eigenvalue weighted by Gasteiger charge is -2.13. The fraction of sp³-hybridized carbons (Fsp3) is 0.261. The van der Waals surface area contributed by atoms with E-state index in [0.717, 1.165) is 64.1 Å². The summed E-state index contributed by atoms with van der Waals surface area (Å²) in [7, 11) is 2.02. The molecule has 0 saturated carbocycles. The molecular weight excluding hydrogens is 376 g/mol. The smallest absolute Gasteiger partial charge is 0.161 e. The quantitative estimate of drug-likeness (QED) is 0.498. The lowest BCUT2D eigenvalue weighted by atomic mass is 10.2. The lowest BCUT2D eigenvalue weighted by Crippen LogP contribution is -2.17. The molecule has 1 atom stereocenters. The molecule has 0 unspecified atom stereocenters. The first-order valence-corrected chi connectivity index (χ1v) is 10.3. The highest BCUT2D eigenvalue weighted by Crippen LogP contribution is 2.37. The molecule has 1 fully saturated rings. The van der Waals surface area contributed by atoms with Crippen molar-refractivity contribution in [1.82, 2.24) is 24.1 Å². The van der Waals surface area contributed by atoms with Gasteiger partial charge in [0.15, 0.2) is 5.65 Å². The number of anilines is 1. The number of ether oxygens (including phenoxy) is 1. The summed E-state index contributed by atoms with van der Waals surface area (Å²) in [5.74, 6) is 1.43. The van der Waals surface area contributed by atoms with E-state index in [1.54, 1.807) is 0 Å². The number of aromatic nitrogens is 5. The van der Waals surface area contributed by atoms with Gasteiger partial charge in [0, 0.05) is 13.7 Å². The fourth-order valence-electron chi connectivity index (χ4n) is 4.48. The van der Waals surface area contributed by atoms with Gasteiger partial charge in [-0.15, -0.1) is 0 Å². The molecule has 4 heterocycles. The number of nitrogens with zero attached hydrogens (tertiary/aromatic N) is 5. The monoisotopic (exact) mass is 398 g/mol. The van der Waals surface area contributed by atoms with Gasteiger partial charge in [0.05, 0.1) is 40.3 Å². The summed E-state index contributed by atoms with van der Waals surface area (Å²) in [5.41, 5.74) is 12.8. The topological polar surface area (TPSA) is 83.8 Å². The van der Waals surface area contributed by atoms with Crippen molar-refractivity contribution in [3.05, 3.63) is 48.5 Å². The first kappa shape index (κ1) is 17.4. The van der Waals surface area contributed by atoms with Crippen LogP contribution in [0.5, 0.6) is 0 Å². The van der Waals surface area contributed by atoms with Gasteiger partial charge in [-0.2, -0.15) is 0 Å². The minimum Gasteiger partial charge on any atom is -0.384 e. The Balaban J connectivity index is 1.66. The molecule has 7 heteroatoms. The van der Waals surface area contributed by atoms with Gasteiger partial charge in [0.1, 0.15) is 17.2 Å². The molecule has 2 aromatic carbocycles. The van der Waals surface area contributed by atoms with E-state index in [-0.39, 0.29) is 6.10 Å². The van der Waals surface area contributed by atoms with Crippen LogP contribution in [0.15, 0.2) is 48.5 Å². The first-order chi connectivity index (χ1) is 14.7. The highest BCUT2D eigenvalue weighted by Gasteiger charge is 2.26. The molecule has 30 heavy (non-hydrogen) atoms. The molecule has 6 rings (SSSR count). The van der Waals surface area contributed by atoms with Crippen molar-refractivity contribution in [2.45, 2.75) is 25.5 Å². The van der Waals surface area contributed by atoms with Crippen LogP contribution in [0.1, 0.15) is 12.8 Å². The number of imidazole rings is 1. The van der Waals surface area contributed by atoms with Crippen molar-refractivity contribution >= 4 is 39.0 Å². The summed E-state index contributed by atoms with van der Waals surface area (Å²) >= 11 is 0. The van der Waals surface area contributed by atoms with E-state index in [2.05, 4.69) is 15.2 Å². The maximum atomic E-state index is 6.75. The number of nitrogens with two attached hydrogens (primary N) is 1. The van der Waals surface area contributed by atoms with Crippen LogP contribution in [0.25, 0.3) is 44.6 Å². The van der Waals surface area contributed by atoms with Crippen LogP contribution in [-0.4, -0.2) is 36.8 Å². The molecule has 1 aliphatic heterocycles. The van der Waals surface area contributed by atoms with Gasteiger partial charge in [0.2, 0.25) is 0 Å². The average molecular weight is 398 g/mol. The molecule has 7 nitrogen and oxygen atoms in total. The zero-order valence-electron chi connectivity index (χ0n) is 16.7. The maximum absolute atomic E-state index is 6.75. The van der Waals surface area contributed by atoms with Crippen LogP contribution in [-0.2, 0) is 18.3 Å². The van der Waals surface area contributed by atoms with E-state index < -0.39 is 0 Å². The standard InChI is InChI=1S/C23H22N6O/c1-28-18-11-5-4-10-17(18)27-22(28)19-20-23(26-16-9-3-2-8-15(16)25-20)29(21(19)24)13-14-7-6-12-30-14/h2-5,8-11,14H,6-7,12-13,24H2,1H3/t14-/m0/s1. The summed E-state index contributed by atoms with van der Waals surface area (Å²) in [6.45, 7) is 1.47. The number of benzene rings is 2. The molecule has 1 saturated heterocycles. The minimum absolute atomic E-state index is 0.143. The van der Waals surface area contributed by atoms with Crippen LogP contribution in [0, 0.1) is 0 Å². The Hall–Kier alpha value is -3.45. The van der Waals surface area contributed by atoms with Crippen LogP contribution in [0.3, 0.4) is 0 Å². The Morgan fingerprint density at radius 3 is 2.47 bits per heavy atom. The third kappa shape index (κ3) is 2.52. The van der Waals surface area contributed by atoms with Gasteiger partial charge in [-0.1, -0.05) is 24.3 Å². The predicted octanol–water partition coefficient (Wildman–Crippen LogP) is 3.90. The third-order valence-electron chi connectivity index (χ3n) is 6.01. The third-order valence-corrected chi connectivity index (χ3v) is 6.01. The number of aryl methyl sites for hydroxylation is 1. The Morgan fingerprint density at radius 1 is 1.00 bits per heavy atom. The van der Waals surface area contributed by atoms with Crippen molar-refractivity contribution in [2.24, 2.45) is 7.05 Å². The lowest BCUT2D eigenvalue weighted by molar-refractivity contribution is 0.0984. The number of rotatable bonds is 3. The van der Waals surface area contributed by atoms with Crippen molar-refractivity contribution in [3.8, 4) is 11.4 Å². The van der Waals surface area contributed by atoms with Crippen LogP contribution in [0.2, 0.25) is 0 Å². The average Bonchev–Trinajstić information content (AvgIpc) is 3.46. The van der Waals surface area contributed by atoms with E-state index in [1.165, 1.54) is 0 Å². The maximum Gasteiger partial charge on any atom is 0.161 e. The van der Waals surface area contributed by atoms with Gasteiger partial charge >= 0.3 is 0 Å². The van der Waals surface area contributed by atoms with Crippen LogP contribution in [0.4, 0.5) is 5.82 Å². The van der Waals surface area contributed by atoms with Gasteiger partial charge in [-0.25, -0.2) is 15.0 Å². The van der Waals surface area contributed by atoms with E-state index in [4.69, 9.17) is 25.4 Å². The number of fused-ring (bicyclic) bond motifs is 3. The number of hydrogen-bond acceptors (Lipinski definition) is 5. The van der Waals surface area contributed by atoms with E-state index in [0.29, 0.717) is 12.4 Å². The van der Waals surface area contributed by atoms with E-state index in [1.807, 2.05) is 49.5 Å². The second-order valence-electron chi connectivity index (χ2n) is 7.87. The Bertz CT molecular complexity index is 1410. The summed E-state index contributed by atoms with van der Waals surface area (Å²) in [6, 6.07) is 16.0. The largest absolute Gasteiger partial charge is 0.384 e. The molecule has 0 amide bonds. The molecule has 0 aliphatic carbocycles. The molecule has 0 radical (unpaired) electrons. The molecule has 0 bridgehead atoms. The number of hydrogen-bond donors (Lipinski definition) is 1. The fourth-order valence-corrected chi connectivity index (χ4v) is 4.48. The second kappa shape index (κ2) is 6.53. The normalized spacial score (nSPS) is 16.9. The first-order valence-electron chi connectivity index (χ1n) is 10.3. The summed E-state index contributed by atoms with van der Waals surface area (Å²) in [5, 5.41) is 0. The highest BCUT2D eigenvalue weighted by atomic mass is 16.5. The second-order valence-corrected chi connectivity index (χ2v) is 7.87. The molecule has 0 spiro atoms. The zero-order chi connectivity index (χ0) is 20.2. The zero-order valence-corrected chi connectivity index (χ0v) is 16.7. The van der Waals surface area contributed by atoms with Gasteiger partial charge in [-0.3, -0.25) is 0 Å². The molecule has 2 N–H and O–H groups in total. The number of para-hydroxylation sites is 4. The molecule has 1 aliphatic rings. The van der Waals surface area contributed by atoms with Gasteiger partial charge in [-0.05, 0) is 37.1 Å². The Morgan fingerprint density at radius 2 is 1.73 bits per heavy atom. The molecule has 150 valence electrons. The van der Waals surface area contributed by atoms with E-state index in [9.17, 15) is 0 Å². The highest BCUT2D eigenvalue weighted by molar-refractivity contribution is 6.01. The molecule has 3 aromatic heterocycles. The van der Waals surface area contributed by atoms with Crippen molar-refractivity contribution in [3.63, 3.8) is 0 Å². The van der Waals surface area contributed by atoms with Crippen LogP contribution >= 0.6 is 0 Å². The predicted molar refractivity (Wildman–Crippen MR) is 118 cm³/mol. The van der Waals surface area contributed by atoms with Crippen molar-refractivity contribution in [2.75, 3.05) is 12.3 Å². The van der Waals surface area contributed by atoms with Crippen LogP contribution < -0.4 is 5.73 Å². The van der Waals surface area contributed by atoms with E-state index >= 15 is 0 Å². The summed E-state index contributed by atoms with van der Waals surface area (Å²) < 4.78 is 10.0. The minimum atomic E-state index is 0.143.